The molecule has 2 rings (SSSR count). The lowest BCUT2D eigenvalue weighted by atomic mass is 10.1. The van der Waals surface area contributed by atoms with Crippen molar-refractivity contribution in [3.63, 3.8) is 0 Å². The SMILES string of the molecule is Cc1cc(Cl)c(NC(=O)Cc2ccc(C#N)cc2)cc1Cl. The summed E-state index contributed by atoms with van der Waals surface area (Å²) in [4.78, 5) is 12.0. The molecule has 0 spiro atoms. The number of anilines is 1. The van der Waals surface area contributed by atoms with Crippen LogP contribution >= 0.6 is 23.2 Å². The average molecular weight is 319 g/mol. The van der Waals surface area contributed by atoms with Crippen molar-refractivity contribution >= 4 is 34.8 Å². The Morgan fingerprint density at radius 1 is 1.19 bits per heavy atom. The number of nitrogens with one attached hydrogen (secondary N) is 1. The van der Waals surface area contributed by atoms with Gasteiger partial charge in [-0.3, -0.25) is 4.79 Å². The molecule has 0 aliphatic heterocycles. The lowest BCUT2D eigenvalue weighted by molar-refractivity contribution is -0.115. The molecule has 2 aromatic carbocycles. The van der Waals surface area contributed by atoms with Crippen molar-refractivity contribution in [2.75, 3.05) is 5.32 Å². The van der Waals surface area contributed by atoms with E-state index in [1.54, 1.807) is 36.4 Å². The van der Waals surface area contributed by atoms with Crippen LogP contribution in [0.5, 0.6) is 0 Å². The van der Waals surface area contributed by atoms with Gasteiger partial charge in [-0.1, -0.05) is 35.3 Å². The second-order valence-electron chi connectivity index (χ2n) is 4.61. The van der Waals surface area contributed by atoms with Crippen LogP contribution in [0.2, 0.25) is 10.0 Å². The summed E-state index contributed by atoms with van der Waals surface area (Å²) in [5.74, 6) is -0.193. The van der Waals surface area contributed by atoms with Crippen molar-refractivity contribution in [3.05, 3.63) is 63.1 Å². The highest BCUT2D eigenvalue weighted by Gasteiger charge is 2.09. The Kier molecular flexibility index (Phi) is 4.85. The summed E-state index contributed by atoms with van der Waals surface area (Å²) in [6.07, 6.45) is 0.202. The van der Waals surface area contributed by atoms with Gasteiger partial charge in [-0.25, -0.2) is 0 Å². The van der Waals surface area contributed by atoms with Gasteiger partial charge in [0.1, 0.15) is 0 Å². The fourth-order valence-corrected chi connectivity index (χ4v) is 2.25. The summed E-state index contributed by atoms with van der Waals surface area (Å²) in [6, 6.07) is 12.2. The lowest BCUT2D eigenvalue weighted by Crippen LogP contribution is -2.14. The molecule has 0 aliphatic rings. The highest BCUT2D eigenvalue weighted by Crippen LogP contribution is 2.28. The van der Waals surface area contributed by atoms with Crippen molar-refractivity contribution in [2.24, 2.45) is 0 Å². The first-order valence-corrected chi connectivity index (χ1v) is 6.99. The number of benzene rings is 2. The Hall–Kier alpha value is -2.02. The Bertz CT molecular complexity index is 718. The highest BCUT2D eigenvalue weighted by atomic mass is 35.5. The third-order valence-electron chi connectivity index (χ3n) is 2.97. The second-order valence-corrected chi connectivity index (χ2v) is 5.43. The molecule has 0 fully saturated rings. The van der Waals surface area contributed by atoms with Gasteiger partial charge in [-0.2, -0.15) is 5.26 Å². The number of hydrogen-bond donors (Lipinski definition) is 1. The lowest BCUT2D eigenvalue weighted by Gasteiger charge is -2.09. The van der Waals surface area contributed by atoms with Crippen LogP contribution in [0.3, 0.4) is 0 Å². The minimum absolute atomic E-state index is 0.193. The third-order valence-corrected chi connectivity index (χ3v) is 3.69. The number of carbonyl (C=O) groups excluding carboxylic acids is 1. The molecular formula is C16H12Cl2N2O. The molecule has 106 valence electrons. The molecule has 2 aromatic rings. The van der Waals surface area contributed by atoms with Crippen molar-refractivity contribution in [3.8, 4) is 6.07 Å². The topological polar surface area (TPSA) is 52.9 Å². The number of amides is 1. The molecule has 0 bridgehead atoms. The van der Waals surface area contributed by atoms with Crippen molar-refractivity contribution < 1.29 is 4.79 Å². The zero-order valence-corrected chi connectivity index (χ0v) is 12.8. The maximum atomic E-state index is 12.0. The van der Waals surface area contributed by atoms with E-state index in [0.717, 1.165) is 11.1 Å². The van der Waals surface area contributed by atoms with Crippen LogP contribution in [0.25, 0.3) is 0 Å². The minimum atomic E-state index is -0.193. The Morgan fingerprint density at radius 3 is 2.48 bits per heavy atom. The quantitative estimate of drug-likeness (QED) is 0.914. The Labute approximate surface area is 133 Å². The molecule has 0 radical (unpaired) electrons. The molecule has 0 saturated heterocycles. The molecule has 0 unspecified atom stereocenters. The van der Waals surface area contributed by atoms with Gasteiger partial charge < -0.3 is 5.32 Å². The summed E-state index contributed by atoms with van der Waals surface area (Å²) in [7, 11) is 0. The molecule has 0 saturated carbocycles. The minimum Gasteiger partial charge on any atom is -0.324 e. The zero-order valence-electron chi connectivity index (χ0n) is 11.3. The highest BCUT2D eigenvalue weighted by molar-refractivity contribution is 6.36. The van der Waals surface area contributed by atoms with Gasteiger partial charge in [0.15, 0.2) is 0 Å². The first-order valence-electron chi connectivity index (χ1n) is 6.24. The van der Waals surface area contributed by atoms with E-state index in [0.29, 0.717) is 21.3 Å². The predicted molar refractivity (Wildman–Crippen MR) is 84.7 cm³/mol. The summed E-state index contributed by atoms with van der Waals surface area (Å²) in [5, 5.41) is 12.5. The fourth-order valence-electron chi connectivity index (χ4n) is 1.82. The van der Waals surface area contributed by atoms with Gasteiger partial charge in [0.25, 0.3) is 0 Å². The van der Waals surface area contributed by atoms with E-state index in [4.69, 9.17) is 28.5 Å². The van der Waals surface area contributed by atoms with Gasteiger partial charge in [-0.15, -0.1) is 0 Å². The Morgan fingerprint density at radius 2 is 1.86 bits per heavy atom. The van der Waals surface area contributed by atoms with Gasteiger partial charge in [0.2, 0.25) is 5.91 Å². The average Bonchev–Trinajstić information content (AvgIpc) is 2.45. The predicted octanol–water partition coefficient (Wildman–Crippen LogP) is 4.35. The molecule has 21 heavy (non-hydrogen) atoms. The van der Waals surface area contributed by atoms with E-state index >= 15 is 0 Å². The number of aryl methyl sites for hydroxylation is 1. The third kappa shape index (κ3) is 3.98. The molecule has 0 aliphatic carbocycles. The molecule has 0 atom stereocenters. The van der Waals surface area contributed by atoms with Crippen molar-refractivity contribution in [2.45, 2.75) is 13.3 Å². The van der Waals surface area contributed by atoms with Gasteiger partial charge in [0.05, 0.1) is 28.8 Å². The van der Waals surface area contributed by atoms with Crippen molar-refractivity contribution in [1.82, 2.24) is 0 Å². The van der Waals surface area contributed by atoms with E-state index in [-0.39, 0.29) is 12.3 Å². The van der Waals surface area contributed by atoms with E-state index in [9.17, 15) is 4.79 Å². The molecular weight excluding hydrogens is 307 g/mol. The summed E-state index contributed by atoms with van der Waals surface area (Å²) in [6.45, 7) is 1.84. The maximum Gasteiger partial charge on any atom is 0.228 e. The van der Waals surface area contributed by atoms with Crippen LogP contribution in [-0.4, -0.2) is 5.91 Å². The van der Waals surface area contributed by atoms with Gasteiger partial charge in [0, 0.05) is 5.02 Å². The van der Waals surface area contributed by atoms with E-state index in [1.165, 1.54) is 0 Å². The summed E-state index contributed by atoms with van der Waals surface area (Å²) >= 11 is 12.1. The molecule has 5 heteroatoms. The monoisotopic (exact) mass is 318 g/mol. The first-order chi connectivity index (χ1) is 9.99. The van der Waals surface area contributed by atoms with Crippen molar-refractivity contribution in [1.29, 1.82) is 5.26 Å². The van der Waals surface area contributed by atoms with Crippen LogP contribution in [0.15, 0.2) is 36.4 Å². The number of halogens is 2. The summed E-state index contributed by atoms with van der Waals surface area (Å²) < 4.78 is 0. The molecule has 1 amide bonds. The molecule has 3 nitrogen and oxygen atoms in total. The number of nitriles is 1. The fraction of sp³-hybridized carbons (Fsp3) is 0.125. The molecule has 0 aromatic heterocycles. The summed E-state index contributed by atoms with van der Waals surface area (Å²) in [5.41, 5.74) is 2.73. The number of nitrogens with zero attached hydrogens (tertiary/aromatic N) is 1. The number of carbonyl (C=O) groups is 1. The maximum absolute atomic E-state index is 12.0. The second kappa shape index (κ2) is 6.62. The van der Waals surface area contributed by atoms with Crippen LogP contribution in [0.1, 0.15) is 16.7 Å². The molecule has 0 heterocycles. The van der Waals surface area contributed by atoms with E-state index in [2.05, 4.69) is 5.32 Å². The van der Waals surface area contributed by atoms with E-state index < -0.39 is 0 Å². The normalized spacial score (nSPS) is 10.0. The van der Waals surface area contributed by atoms with Gasteiger partial charge >= 0.3 is 0 Å². The number of rotatable bonds is 3. The first kappa shape index (κ1) is 15.4. The van der Waals surface area contributed by atoms with Crippen LogP contribution in [0, 0.1) is 18.3 Å². The largest absolute Gasteiger partial charge is 0.324 e. The standard InChI is InChI=1S/C16H12Cl2N2O/c1-10-6-14(18)15(8-13(10)17)20-16(21)7-11-2-4-12(9-19)5-3-11/h2-6,8H,7H2,1H3,(H,20,21). The molecule has 1 N–H and O–H groups in total. The van der Waals surface area contributed by atoms with Gasteiger partial charge in [-0.05, 0) is 42.3 Å². The Balaban J connectivity index is 2.08. The number of hydrogen-bond acceptors (Lipinski definition) is 2. The van der Waals surface area contributed by atoms with Crippen LogP contribution in [0.4, 0.5) is 5.69 Å². The van der Waals surface area contributed by atoms with E-state index in [1.807, 2.05) is 13.0 Å². The van der Waals surface area contributed by atoms with Crippen LogP contribution in [-0.2, 0) is 11.2 Å². The smallest absolute Gasteiger partial charge is 0.228 e. The zero-order chi connectivity index (χ0) is 15.4. The van der Waals surface area contributed by atoms with Crippen LogP contribution < -0.4 is 5.32 Å².